The van der Waals surface area contributed by atoms with Crippen LogP contribution in [0.1, 0.15) is 48.0 Å². The van der Waals surface area contributed by atoms with Crippen molar-refractivity contribution in [3.05, 3.63) is 0 Å². The van der Waals surface area contributed by atoms with Crippen molar-refractivity contribution < 1.29 is 9.90 Å². The van der Waals surface area contributed by atoms with E-state index in [4.69, 9.17) is 0 Å². The van der Waals surface area contributed by atoms with Crippen molar-refractivity contribution in [2.24, 2.45) is 0 Å². The van der Waals surface area contributed by atoms with E-state index in [9.17, 15) is 9.90 Å². The number of hydrogen-bond donors (Lipinski definition) is 3. The Morgan fingerprint density at radius 1 is 1.25 bits per heavy atom. The van der Waals surface area contributed by atoms with E-state index in [1.807, 2.05) is 27.7 Å². The smallest absolute Gasteiger partial charge is 0.221 e. The summed E-state index contributed by atoms with van der Waals surface area (Å²) < 4.78 is 0. The van der Waals surface area contributed by atoms with Crippen LogP contribution in [0.5, 0.6) is 0 Å². The van der Waals surface area contributed by atoms with Crippen LogP contribution in [0.15, 0.2) is 0 Å². The maximum Gasteiger partial charge on any atom is 0.221 e. The Kier molecular flexibility index (Phi) is 5.42. The molecule has 0 aliphatic rings. The van der Waals surface area contributed by atoms with E-state index in [-0.39, 0.29) is 11.9 Å². The van der Waals surface area contributed by atoms with Crippen LogP contribution in [0.4, 0.5) is 0 Å². The van der Waals surface area contributed by atoms with Gasteiger partial charge in [0.25, 0.3) is 0 Å². The molecule has 96 valence electrons. The number of amides is 1. The van der Waals surface area contributed by atoms with Gasteiger partial charge < -0.3 is 15.7 Å². The minimum absolute atomic E-state index is 0.0362. The third kappa shape index (κ3) is 5.47. The Balaban J connectivity index is 3.95. The van der Waals surface area contributed by atoms with Crippen molar-refractivity contribution in [3.63, 3.8) is 0 Å². The Morgan fingerprint density at radius 3 is 2.12 bits per heavy atom. The van der Waals surface area contributed by atoms with Crippen LogP contribution < -0.4 is 10.6 Å². The zero-order chi connectivity index (χ0) is 13.0. The van der Waals surface area contributed by atoms with E-state index in [1.54, 1.807) is 13.8 Å². The van der Waals surface area contributed by atoms with Crippen molar-refractivity contribution in [1.29, 1.82) is 0 Å². The van der Waals surface area contributed by atoms with Gasteiger partial charge in [-0.25, -0.2) is 0 Å². The standard InChI is InChI=1S/C12H26N2O2/c1-9(2)14-10(15)7-8-13-11(3,4)12(5,6)16/h9,13,16H,7-8H2,1-6H3,(H,14,15). The molecule has 0 heterocycles. The van der Waals surface area contributed by atoms with Gasteiger partial charge in [0.2, 0.25) is 5.91 Å². The molecule has 0 fully saturated rings. The topological polar surface area (TPSA) is 61.4 Å². The SMILES string of the molecule is CC(C)NC(=O)CCNC(C)(C)C(C)(C)O. The van der Waals surface area contributed by atoms with Crippen molar-refractivity contribution in [3.8, 4) is 0 Å². The van der Waals surface area contributed by atoms with Crippen LogP contribution in [-0.2, 0) is 4.79 Å². The normalized spacial score (nSPS) is 13.0. The molecule has 0 saturated carbocycles. The summed E-state index contributed by atoms with van der Waals surface area (Å²) in [5.74, 6) is 0.0362. The lowest BCUT2D eigenvalue weighted by atomic mass is 9.86. The van der Waals surface area contributed by atoms with Crippen LogP contribution in [0, 0.1) is 0 Å². The van der Waals surface area contributed by atoms with Crippen LogP contribution in [0.25, 0.3) is 0 Å². The highest BCUT2D eigenvalue weighted by Crippen LogP contribution is 2.20. The van der Waals surface area contributed by atoms with Gasteiger partial charge in [-0.15, -0.1) is 0 Å². The number of hydrogen-bond acceptors (Lipinski definition) is 3. The molecule has 3 N–H and O–H groups in total. The fourth-order valence-electron chi connectivity index (χ4n) is 1.10. The molecule has 0 rings (SSSR count). The Morgan fingerprint density at radius 2 is 1.75 bits per heavy atom. The predicted molar refractivity (Wildman–Crippen MR) is 66.3 cm³/mol. The van der Waals surface area contributed by atoms with Crippen LogP contribution >= 0.6 is 0 Å². The summed E-state index contributed by atoms with van der Waals surface area (Å²) in [6.07, 6.45) is 0.428. The molecule has 0 aromatic rings. The van der Waals surface area contributed by atoms with Crippen molar-refractivity contribution in [2.75, 3.05) is 6.54 Å². The molecule has 4 nitrogen and oxygen atoms in total. The van der Waals surface area contributed by atoms with Gasteiger partial charge in [0.05, 0.1) is 5.60 Å². The third-order valence-corrected chi connectivity index (χ3v) is 2.90. The molecule has 0 aromatic carbocycles. The number of carbonyl (C=O) groups is 1. The Labute approximate surface area is 98.8 Å². The minimum Gasteiger partial charge on any atom is -0.389 e. The molecule has 0 unspecified atom stereocenters. The lowest BCUT2D eigenvalue weighted by Gasteiger charge is -2.38. The summed E-state index contributed by atoms with van der Waals surface area (Å²) in [7, 11) is 0. The summed E-state index contributed by atoms with van der Waals surface area (Å²) in [6.45, 7) is 11.8. The first-order valence-electron chi connectivity index (χ1n) is 5.83. The van der Waals surface area contributed by atoms with Crippen LogP contribution in [0.3, 0.4) is 0 Å². The molecule has 16 heavy (non-hydrogen) atoms. The zero-order valence-corrected chi connectivity index (χ0v) is 11.3. The molecule has 0 atom stereocenters. The van der Waals surface area contributed by atoms with Gasteiger partial charge in [-0.2, -0.15) is 0 Å². The molecule has 0 bridgehead atoms. The Hall–Kier alpha value is -0.610. The number of nitrogens with one attached hydrogen (secondary N) is 2. The van der Waals surface area contributed by atoms with Gasteiger partial charge >= 0.3 is 0 Å². The zero-order valence-electron chi connectivity index (χ0n) is 11.3. The molecule has 0 saturated heterocycles. The van der Waals surface area contributed by atoms with Crippen LogP contribution in [-0.4, -0.2) is 34.7 Å². The second kappa shape index (κ2) is 5.64. The maximum absolute atomic E-state index is 11.4. The molecule has 0 aliphatic heterocycles. The van der Waals surface area contributed by atoms with Gasteiger partial charge in [-0.05, 0) is 41.5 Å². The largest absolute Gasteiger partial charge is 0.389 e. The number of aliphatic hydroxyl groups is 1. The minimum atomic E-state index is -0.818. The molecule has 4 heteroatoms. The third-order valence-electron chi connectivity index (χ3n) is 2.90. The summed E-state index contributed by atoms with van der Waals surface area (Å²) in [5, 5.41) is 15.9. The van der Waals surface area contributed by atoms with Crippen LogP contribution in [0.2, 0.25) is 0 Å². The Bertz CT molecular complexity index is 230. The number of carbonyl (C=O) groups excluding carboxylic acids is 1. The van der Waals surface area contributed by atoms with Gasteiger partial charge in [-0.3, -0.25) is 4.79 Å². The van der Waals surface area contributed by atoms with E-state index in [2.05, 4.69) is 10.6 Å². The molecule has 0 aliphatic carbocycles. The van der Waals surface area contributed by atoms with E-state index < -0.39 is 11.1 Å². The van der Waals surface area contributed by atoms with Crippen molar-refractivity contribution in [2.45, 2.75) is 65.1 Å². The molecule has 0 aromatic heterocycles. The van der Waals surface area contributed by atoms with Gasteiger partial charge in [0.1, 0.15) is 0 Å². The van der Waals surface area contributed by atoms with E-state index in [0.717, 1.165) is 0 Å². The molecule has 0 radical (unpaired) electrons. The molecule has 1 amide bonds. The average Bonchev–Trinajstić information content (AvgIpc) is 1.99. The predicted octanol–water partition coefficient (Wildman–Crippen LogP) is 1.04. The summed E-state index contributed by atoms with van der Waals surface area (Å²) in [6, 6.07) is 0.176. The second-order valence-electron chi connectivity index (χ2n) is 5.58. The van der Waals surface area contributed by atoms with E-state index in [0.29, 0.717) is 13.0 Å². The highest BCUT2D eigenvalue weighted by molar-refractivity contribution is 5.76. The van der Waals surface area contributed by atoms with Crippen molar-refractivity contribution in [1.82, 2.24) is 10.6 Å². The number of rotatable bonds is 6. The lowest BCUT2D eigenvalue weighted by molar-refractivity contribution is -0.121. The first kappa shape index (κ1) is 15.4. The fraction of sp³-hybridized carbons (Fsp3) is 0.917. The summed E-state index contributed by atoms with van der Waals surface area (Å²) in [4.78, 5) is 11.4. The fourth-order valence-corrected chi connectivity index (χ4v) is 1.10. The molecule has 0 spiro atoms. The first-order chi connectivity index (χ1) is 7.06. The quantitative estimate of drug-likeness (QED) is 0.639. The summed E-state index contributed by atoms with van der Waals surface area (Å²) >= 11 is 0. The van der Waals surface area contributed by atoms with Gasteiger partial charge in [0, 0.05) is 24.5 Å². The average molecular weight is 230 g/mol. The first-order valence-corrected chi connectivity index (χ1v) is 5.83. The van der Waals surface area contributed by atoms with E-state index >= 15 is 0 Å². The van der Waals surface area contributed by atoms with Gasteiger partial charge in [0.15, 0.2) is 0 Å². The van der Waals surface area contributed by atoms with E-state index in [1.165, 1.54) is 0 Å². The maximum atomic E-state index is 11.4. The highest BCUT2D eigenvalue weighted by Gasteiger charge is 2.34. The van der Waals surface area contributed by atoms with Crippen molar-refractivity contribution >= 4 is 5.91 Å². The lowest BCUT2D eigenvalue weighted by Crippen LogP contribution is -2.56. The second-order valence-corrected chi connectivity index (χ2v) is 5.58. The van der Waals surface area contributed by atoms with Gasteiger partial charge in [-0.1, -0.05) is 0 Å². The molecular weight excluding hydrogens is 204 g/mol. The highest BCUT2D eigenvalue weighted by atomic mass is 16.3. The monoisotopic (exact) mass is 230 g/mol. The molecular formula is C12H26N2O2. The summed E-state index contributed by atoms with van der Waals surface area (Å²) in [5.41, 5.74) is -1.23.